The molecular weight excluding hydrogens is 216 g/mol. The summed E-state index contributed by atoms with van der Waals surface area (Å²) < 4.78 is 0. The largest absolute Gasteiger partial charge is 0.0999 e. The fraction of sp³-hybridized carbons (Fsp3) is 0.778. The summed E-state index contributed by atoms with van der Waals surface area (Å²) in [4.78, 5) is 0. The molecule has 0 N–H and O–H groups in total. The molecule has 2 fully saturated rings. The maximum Gasteiger partial charge on any atom is -0.0318 e. The molecule has 0 unspecified atom stereocenters. The van der Waals surface area contributed by atoms with Crippen LogP contribution in [0.15, 0.2) is 24.3 Å². The Morgan fingerprint density at radius 1 is 0.611 bits per heavy atom. The minimum absolute atomic E-state index is 0.598. The Balaban J connectivity index is 0.000000180. The summed E-state index contributed by atoms with van der Waals surface area (Å²) in [5.41, 5.74) is 4.10. The molecule has 2 aliphatic carbocycles. The van der Waals surface area contributed by atoms with Crippen LogP contribution in [0.3, 0.4) is 0 Å². The predicted molar refractivity (Wildman–Crippen MR) is 82.8 cm³/mol. The lowest BCUT2D eigenvalue weighted by Crippen LogP contribution is -2.15. The van der Waals surface area contributed by atoms with Gasteiger partial charge in [-0.2, -0.15) is 0 Å². The highest BCUT2D eigenvalue weighted by Crippen LogP contribution is 2.37. The molecule has 2 aliphatic rings. The van der Waals surface area contributed by atoms with Crippen molar-refractivity contribution < 1.29 is 0 Å². The van der Waals surface area contributed by atoms with Crippen LogP contribution < -0.4 is 0 Å². The Labute approximate surface area is 115 Å². The van der Waals surface area contributed by atoms with Crippen molar-refractivity contribution in [2.24, 2.45) is 10.8 Å². The highest BCUT2D eigenvalue weighted by Gasteiger charge is 2.22. The average molecular weight is 248 g/mol. The lowest BCUT2D eigenvalue weighted by Gasteiger charge is -2.30. The molecule has 0 heteroatoms. The summed E-state index contributed by atoms with van der Waals surface area (Å²) in [7, 11) is 0. The number of rotatable bonds is 0. The number of allylic oxidation sites excluding steroid dienone is 2. The Hall–Kier alpha value is -0.520. The molecule has 0 saturated heterocycles. The van der Waals surface area contributed by atoms with Crippen molar-refractivity contribution in [3.05, 3.63) is 24.3 Å². The maximum atomic E-state index is 3.98. The molecule has 104 valence electrons. The molecule has 0 amide bonds. The van der Waals surface area contributed by atoms with Crippen molar-refractivity contribution in [1.82, 2.24) is 0 Å². The van der Waals surface area contributed by atoms with E-state index in [0.29, 0.717) is 10.8 Å². The van der Waals surface area contributed by atoms with E-state index in [2.05, 4.69) is 40.9 Å². The molecule has 0 nitrogen and oxygen atoms in total. The summed E-state index contributed by atoms with van der Waals surface area (Å²) in [5.74, 6) is 0. The van der Waals surface area contributed by atoms with Crippen LogP contribution in [0.2, 0.25) is 0 Å². The minimum Gasteiger partial charge on any atom is -0.0999 e. The fourth-order valence-electron chi connectivity index (χ4n) is 2.56. The van der Waals surface area contributed by atoms with Gasteiger partial charge < -0.3 is 0 Å². The zero-order valence-corrected chi connectivity index (χ0v) is 13.1. The first kappa shape index (κ1) is 15.5. The van der Waals surface area contributed by atoms with Crippen LogP contribution in [-0.2, 0) is 0 Å². The Morgan fingerprint density at radius 2 is 0.833 bits per heavy atom. The molecular formula is C18H32. The second-order valence-corrected chi connectivity index (χ2v) is 7.83. The Bertz CT molecular complexity index is 248. The summed E-state index contributed by atoms with van der Waals surface area (Å²) >= 11 is 0. The van der Waals surface area contributed by atoms with E-state index < -0.39 is 0 Å². The van der Waals surface area contributed by atoms with Gasteiger partial charge in [-0.05, 0) is 62.2 Å². The lowest BCUT2D eigenvalue weighted by molar-refractivity contribution is 0.279. The molecule has 2 saturated carbocycles. The van der Waals surface area contributed by atoms with Crippen molar-refractivity contribution in [2.75, 3.05) is 0 Å². The molecule has 18 heavy (non-hydrogen) atoms. The second-order valence-electron chi connectivity index (χ2n) is 7.83. The summed E-state index contributed by atoms with van der Waals surface area (Å²) in [5, 5.41) is 0. The maximum absolute atomic E-state index is 3.98. The van der Waals surface area contributed by atoms with Crippen LogP contribution in [0, 0.1) is 10.8 Å². The van der Waals surface area contributed by atoms with E-state index in [1.54, 1.807) is 0 Å². The fourth-order valence-corrected chi connectivity index (χ4v) is 2.56. The summed E-state index contributed by atoms with van der Waals surface area (Å²) in [6, 6.07) is 0. The third-order valence-corrected chi connectivity index (χ3v) is 4.62. The highest BCUT2D eigenvalue weighted by atomic mass is 14.3. The van der Waals surface area contributed by atoms with Crippen molar-refractivity contribution in [1.29, 1.82) is 0 Å². The van der Waals surface area contributed by atoms with Gasteiger partial charge in [0.05, 0.1) is 0 Å². The van der Waals surface area contributed by atoms with E-state index in [9.17, 15) is 0 Å². The summed E-state index contributed by atoms with van der Waals surface area (Å²) in [6.07, 6.45) is 10.4. The van der Waals surface area contributed by atoms with E-state index in [0.717, 1.165) is 0 Å². The van der Waals surface area contributed by atoms with Crippen LogP contribution in [-0.4, -0.2) is 0 Å². The van der Waals surface area contributed by atoms with E-state index >= 15 is 0 Å². The van der Waals surface area contributed by atoms with Crippen LogP contribution in [0.4, 0.5) is 0 Å². The molecule has 0 atom stereocenters. The SMILES string of the molecule is C=C1CCC(C)(C)CC1.C=C1CCC(C)(C)CC1. The van der Waals surface area contributed by atoms with Gasteiger partial charge in [-0.3, -0.25) is 0 Å². The van der Waals surface area contributed by atoms with Crippen LogP contribution in [0.1, 0.15) is 79.1 Å². The first-order valence-electron chi connectivity index (χ1n) is 7.54. The van der Waals surface area contributed by atoms with Gasteiger partial charge in [-0.25, -0.2) is 0 Å². The van der Waals surface area contributed by atoms with Crippen LogP contribution >= 0.6 is 0 Å². The monoisotopic (exact) mass is 248 g/mol. The van der Waals surface area contributed by atoms with Crippen molar-refractivity contribution in [2.45, 2.75) is 79.1 Å². The Kier molecular flexibility index (Phi) is 5.25. The van der Waals surface area contributed by atoms with Gasteiger partial charge in [0.2, 0.25) is 0 Å². The van der Waals surface area contributed by atoms with E-state index in [-0.39, 0.29) is 0 Å². The van der Waals surface area contributed by atoms with Crippen LogP contribution in [0.25, 0.3) is 0 Å². The van der Waals surface area contributed by atoms with E-state index in [1.165, 1.54) is 62.5 Å². The molecule has 0 aromatic heterocycles. The molecule has 0 aromatic rings. The third-order valence-electron chi connectivity index (χ3n) is 4.62. The van der Waals surface area contributed by atoms with E-state index in [4.69, 9.17) is 0 Å². The van der Waals surface area contributed by atoms with Crippen LogP contribution in [0.5, 0.6) is 0 Å². The molecule has 0 radical (unpaired) electrons. The molecule has 0 bridgehead atoms. The molecule has 2 rings (SSSR count). The first-order chi connectivity index (χ1) is 8.20. The molecule has 0 heterocycles. The van der Waals surface area contributed by atoms with E-state index in [1.807, 2.05) is 0 Å². The van der Waals surface area contributed by atoms with Crippen molar-refractivity contribution in [3.63, 3.8) is 0 Å². The molecule has 0 spiro atoms. The number of hydrogen-bond acceptors (Lipinski definition) is 0. The molecule has 0 aromatic carbocycles. The quantitative estimate of drug-likeness (QED) is 0.442. The van der Waals surface area contributed by atoms with Crippen molar-refractivity contribution >= 4 is 0 Å². The Morgan fingerprint density at radius 3 is 1.00 bits per heavy atom. The first-order valence-corrected chi connectivity index (χ1v) is 7.54. The normalized spacial score (nSPS) is 26.2. The second kappa shape index (κ2) is 6.08. The van der Waals surface area contributed by atoms with Gasteiger partial charge in [0.25, 0.3) is 0 Å². The van der Waals surface area contributed by atoms with Gasteiger partial charge in [0.1, 0.15) is 0 Å². The topological polar surface area (TPSA) is 0 Å². The zero-order valence-electron chi connectivity index (χ0n) is 13.1. The lowest BCUT2D eigenvalue weighted by atomic mass is 9.76. The zero-order chi connectivity index (χ0) is 13.8. The van der Waals surface area contributed by atoms with Gasteiger partial charge in [-0.15, -0.1) is 0 Å². The molecule has 0 aliphatic heterocycles. The van der Waals surface area contributed by atoms with Crippen molar-refractivity contribution in [3.8, 4) is 0 Å². The third kappa shape index (κ3) is 5.89. The van der Waals surface area contributed by atoms with Gasteiger partial charge >= 0.3 is 0 Å². The highest BCUT2D eigenvalue weighted by molar-refractivity contribution is 5.00. The van der Waals surface area contributed by atoms with Gasteiger partial charge in [-0.1, -0.05) is 52.0 Å². The number of hydrogen-bond donors (Lipinski definition) is 0. The summed E-state index contributed by atoms with van der Waals surface area (Å²) in [6.45, 7) is 17.3. The standard InChI is InChI=1S/2C9H16/c2*1-8-4-6-9(2,3)7-5-8/h2*1,4-7H2,2-3H3. The van der Waals surface area contributed by atoms with Gasteiger partial charge in [0, 0.05) is 0 Å². The predicted octanol–water partition coefficient (Wildman–Crippen LogP) is 6.29. The van der Waals surface area contributed by atoms with Gasteiger partial charge in [0.15, 0.2) is 0 Å². The average Bonchev–Trinajstić information content (AvgIpc) is 2.28. The smallest absolute Gasteiger partial charge is 0.0318 e. The minimum atomic E-state index is 0.598.